The van der Waals surface area contributed by atoms with Crippen LogP contribution >= 0.6 is 0 Å². The number of nitrogens with zero attached hydrogens (tertiary/aromatic N) is 4. The highest BCUT2D eigenvalue weighted by Gasteiger charge is 2.42. The SMILES string of the molecule is COCOc1cc(-c2nc(OC)c3c(N4CCCCC4)nc(S(C)(=O)=O)nc3c2F)c2c(C#C[Si](C(C)C)(C(C)C)C(C)C)c(F)ccc2c1. The van der Waals surface area contributed by atoms with Crippen LogP contribution in [0.3, 0.4) is 0 Å². The maximum absolute atomic E-state index is 17.2. The Labute approximate surface area is 294 Å². The Morgan fingerprint density at radius 2 is 1.58 bits per heavy atom. The molecule has 1 saturated heterocycles. The number of ether oxygens (including phenoxy) is 3. The van der Waals surface area contributed by atoms with Crippen LogP contribution in [-0.4, -0.2) is 71.8 Å². The molecule has 4 aromatic rings. The molecule has 0 N–H and O–H groups in total. The number of sulfone groups is 1. The lowest BCUT2D eigenvalue weighted by Gasteiger charge is -2.38. The molecule has 2 aromatic heterocycles. The number of halogens is 2. The van der Waals surface area contributed by atoms with Crippen LogP contribution in [0.4, 0.5) is 14.6 Å². The third-order valence-corrected chi connectivity index (χ3v) is 16.9. The van der Waals surface area contributed by atoms with E-state index in [2.05, 4.69) is 68.0 Å². The second kappa shape index (κ2) is 14.8. The minimum absolute atomic E-state index is 0.00303. The lowest BCUT2D eigenvalue weighted by atomic mass is 9.95. The zero-order chi connectivity index (χ0) is 36.5. The molecule has 1 aliphatic heterocycles. The van der Waals surface area contributed by atoms with Crippen molar-refractivity contribution in [2.75, 3.05) is 45.3 Å². The van der Waals surface area contributed by atoms with Crippen molar-refractivity contribution in [3.8, 4) is 34.4 Å². The summed E-state index contributed by atoms with van der Waals surface area (Å²) in [4.78, 5) is 15.2. The van der Waals surface area contributed by atoms with E-state index in [1.54, 1.807) is 18.2 Å². The van der Waals surface area contributed by atoms with Crippen LogP contribution in [0.1, 0.15) is 66.4 Å². The fraction of sp³-hybridized carbons (Fsp3) is 0.486. The van der Waals surface area contributed by atoms with E-state index in [4.69, 9.17) is 14.2 Å². The van der Waals surface area contributed by atoms with Crippen molar-refractivity contribution < 1.29 is 31.4 Å². The highest BCUT2D eigenvalue weighted by Crippen LogP contribution is 2.44. The molecule has 5 rings (SSSR count). The van der Waals surface area contributed by atoms with Crippen molar-refractivity contribution in [2.24, 2.45) is 0 Å². The molecule has 0 radical (unpaired) electrons. The molecule has 1 aliphatic rings. The van der Waals surface area contributed by atoms with Gasteiger partial charge < -0.3 is 19.1 Å². The summed E-state index contributed by atoms with van der Waals surface area (Å²) in [6.45, 7) is 14.2. The standard InChI is InChI=1S/C37H46F2N4O5SSi/c1-22(2)50(23(3)4,24(5)6)18-15-27-29(38)14-13-25-19-26(48-21-46-7)20-28(30(25)27)33-32(39)34-31(36(40-33)47-8)35(43-16-11-10-12-17-43)42-37(41-34)49(9,44)45/h13-14,19-20,22-24H,10-12,16-17,21H2,1-9H3. The molecule has 0 unspecified atom stereocenters. The second-order valence-corrected chi connectivity index (χ2v) is 21.3. The van der Waals surface area contributed by atoms with Gasteiger partial charge >= 0.3 is 0 Å². The van der Waals surface area contributed by atoms with Crippen molar-refractivity contribution >= 4 is 45.4 Å². The van der Waals surface area contributed by atoms with E-state index in [0.29, 0.717) is 46.2 Å². The largest absolute Gasteiger partial charge is 0.480 e. The van der Waals surface area contributed by atoms with E-state index in [0.717, 1.165) is 25.5 Å². The smallest absolute Gasteiger partial charge is 0.249 e. The van der Waals surface area contributed by atoms with Crippen LogP contribution in [0.2, 0.25) is 16.6 Å². The third-order valence-electron chi connectivity index (χ3n) is 9.80. The molecule has 2 aromatic carbocycles. The van der Waals surface area contributed by atoms with Crippen molar-refractivity contribution in [2.45, 2.75) is 82.6 Å². The first kappa shape index (κ1) is 37.4. The maximum atomic E-state index is 17.2. The molecule has 1 fully saturated rings. The number of pyridine rings is 1. The average Bonchev–Trinajstić information content (AvgIpc) is 3.07. The van der Waals surface area contributed by atoms with E-state index >= 15 is 8.78 Å². The Balaban J connectivity index is 1.92. The average molecular weight is 725 g/mol. The van der Waals surface area contributed by atoms with Gasteiger partial charge in [0.1, 0.15) is 42.1 Å². The maximum Gasteiger partial charge on any atom is 0.249 e. The molecule has 13 heteroatoms. The normalized spacial score (nSPS) is 14.2. The minimum Gasteiger partial charge on any atom is -0.480 e. The Kier molecular flexibility index (Phi) is 11.1. The van der Waals surface area contributed by atoms with Crippen LogP contribution in [0.15, 0.2) is 29.4 Å². The van der Waals surface area contributed by atoms with E-state index in [9.17, 15) is 8.42 Å². The third kappa shape index (κ3) is 6.90. The van der Waals surface area contributed by atoms with Crippen LogP contribution in [0.5, 0.6) is 11.6 Å². The van der Waals surface area contributed by atoms with Crippen molar-refractivity contribution in [3.05, 3.63) is 41.5 Å². The lowest BCUT2D eigenvalue weighted by Crippen LogP contribution is -2.43. The van der Waals surface area contributed by atoms with Crippen LogP contribution in [0, 0.1) is 23.1 Å². The molecule has 0 bridgehead atoms. The Hall–Kier alpha value is -3.86. The van der Waals surface area contributed by atoms with Crippen molar-refractivity contribution in [3.63, 3.8) is 0 Å². The summed E-state index contributed by atoms with van der Waals surface area (Å²) in [5.41, 5.74) is 4.30. The first-order valence-corrected chi connectivity index (χ1v) is 21.1. The predicted octanol–water partition coefficient (Wildman–Crippen LogP) is 8.08. The molecule has 0 spiro atoms. The van der Waals surface area contributed by atoms with Gasteiger partial charge in [0, 0.05) is 37.4 Å². The van der Waals surface area contributed by atoms with Gasteiger partial charge in [-0.15, -0.1) is 5.54 Å². The molecule has 3 heterocycles. The number of fused-ring (bicyclic) bond motifs is 2. The first-order chi connectivity index (χ1) is 23.6. The molecule has 268 valence electrons. The molecular formula is C37H46F2N4O5SSi. The highest BCUT2D eigenvalue weighted by atomic mass is 32.2. The molecule has 0 amide bonds. The van der Waals surface area contributed by atoms with E-state index < -0.39 is 34.7 Å². The summed E-state index contributed by atoms with van der Waals surface area (Å²) in [6, 6.07) is 6.21. The topological polar surface area (TPSA) is 104 Å². The number of hydrogen-bond acceptors (Lipinski definition) is 9. The molecule has 0 aliphatic carbocycles. The number of piperidine rings is 1. The van der Waals surface area contributed by atoms with Gasteiger partial charge in [-0.05, 0) is 59.5 Å². The summed E-state index contributed by atoms with van der Waals surface area (Å²) >= 11 is 0. The molecule has 50 heavy (non-hydrogen) atoms. The number of benzene rings is 2. The van der Waals surface area contributed by atoms with Crippen molar-refractivity contribution in [1.29, 1.82) is 0 Å². The first-order valence-electron chi connectivity index (χ1n) is 17.0. The second-order valence-electron chi connectivity index (χ2n) is 13.8. The Bertz CT molecular complexity index is 2070. The van der Waals surface area contributed by atoms with E-state index in [-0.39, 0.29) is 46.2 Å². The van der Waals surface area contributed by atoms with Gasteiger partial charge in [0.25, 0.3) is 0 Å². The van der Waals surface area contributed by atoms with Gasteiger partial charge in [0.05, 0.1) is 12.7 Å². The fourth-order valence-electron chi connectivity index (χ4n) is 7.47. The molecule has 0 saturated carbocycles. The van der Waals surface area contributed by atoms with Crippen LogP contribution in [0.25, 0.3) is 32.9 Å². The number of methoxy groups -OCH3 is 2. The van der Waals surface area contributed by atoms with Gasteiger partial charge in [0.15, 0.2) is 12.6 Å². The summed E-state index contributed by atoms with van der Waals surface area (Å²) in [5, 5.41) is 0.523. The van der Waals surface area contributed by atoms with Gasteiger partial charge in [-0.25, -0.2) is 32.2 Å². The number of anilines is 1. The zero-order valence-electron chi connectivity index (χ0n) is 30.3. The van der Waals surface area contributed by atoms with E-state index in [1.165, 1.54) is 20.3 Å². The zero-order valence-corrected chi connectivity index (χ0v) is 32.1. The molecule has 0 atom stereocenters. The minimum atomic E-state index is -3.95. The predicted molar refractivity (Wildman–Crippen MR) is 196 cm³/mol. The van der Waals surface area contributed by atoms with Gasteiger partial charge in [-0.1, -0.05) is 53.5 Å². The quantitative estimate of drug-likeness (QED) is 0.0695. The summed E-state index contributed by atoms with van der Waals surface area (Å²) < 4.78 is 75.7. The molecular weight excluding hydrogens is 679 g/mol. The number of rotatable bonds is 10. The monoisotopic (exact) mass is 724 g/mol. The summed E-state index contributed by atoms with van der Waals surface area (Å²) in [6.07, 6.45) is 3.72. The molecule has 9 nitrogen and oxygen atoms in total. The number of aromatic nitrogens is 3. The number of hydrogen-bond donors (Lipinski definition) is 0. The van der Waals surface area contributed by atoms with Gasteiger partial charge in [0.2, 0.25) is 20.9 Å². The van der Waals surface area contributed by atoms with Gasteiger partial charge in [-0.3, -0.25) is 0 Å². The summed E-state index contributed by atoms with van der Waals surface area (Å²) in [7, 11) is -3.39. The summed E-state index contributed by atoms with van der Waals surface area (Å²) in [5.74, 6) is 2.36. The Morgan fingerprint density at radius 1 is 0.920 bits per heavy atom. The van der Waals surface area contributed by atoms with Gasteiger partial charge in [-0.2, -0.15) is 0 Å². The van der Waals surface area contributed by atoms with Crippen molar-refractivity contribution in [1.82, 2.24) is 15.0 Å². The lowest BCUT2D eigenvalue weighted by molar-refractivity contribution is 0.0512. The van der Waals surface area contributed by atoms with Crippen LogP contribution < -0.4 is 14.4 Å². The van der Waals surface area contributed by atoms with Crippen LogP contribution in [-0.2, 0) is 14.6 Å². The van der Waals surface area contributed by atoms with E-state index in [1.807, 2.05) is 4.90 Å². The highest BCUT2D eigenvalue weighted by molar-refractivity contribution is 7.90. The Morgan fingerprint density at radius 3 is 2.16 bits per heavy atom. The fourth-order valence-corrected chi connectivity index (χ4v) is 13.2.